The van der Waals surface area contributed by atoms with E-state index in [4.69, 9.17) is 0 Å². The zero-order chi connectivity index (χ0) is 6.41. The first-order valence-corrected chi connectivity index (χ1v) is 2.66. The van der Waals surface area contributed by atoms with Crippen molar-refractivity contribution in [3.8, 4) is 0 Å². The molecular formula is C6H14N2O. The molecule has 0 aliphatic carbocycles. The predicted molar refractivity (Wildman–Crippen MR) is 38.5 cm³/mol. The predicted octanol–water partition coefficient (Wildman–Crippen LogP) is 0.861. The molecule has 0 saturated carbocycles. The van der Waals surface area contributed by atoms with Gasteiger partial charge in [0.1, 0.15) is 0 Å². The second-order valence-electron chi connectivity index (χ2n) is 1.45. The molecule has 1 heterocycles. The van der Waals surface area contributed by atoms with Gasteiger partial charge in [0.15, 0.2) is 0 Å². The minimum absolute atomic E-state index is 0. The summed E-state index contributed by atoms with van der Waals surface area (Å²) in [6.07, 6.45) is 1.76. The smallest absolute Gasteiger partial charge is 0.220 e. The number of carbonyl (C=O) groups is 1. The van der Waals surface area contributed by atoms with Crippen LogP contribution in [0.2, 0.25) is 0 Å². The molecule has 0 atom stereocenters. The Kier molecular flexibility index (Phi) is 8.79. The van der Waals surface area contributed by atoms with Crippen molar-refractivity contribution in [3.05, 3.63) is 13.2 Å². The molecule has 0 spiro atoms. The van der Waals surface area contributed by atoms with E-state index in [1.807, 2.05) is 0 Å². The van der Waals surface area contributed by atoms with Crippen LogP contribution in [0.4, 0.5) is 0 Å². The third-order valence-electron chi connectivity index (χ3n) is 0.903. The number of carbonyl (C=O) groups excluding carboxylic acids is 1. The average molecular weight is 130 g/mol. The standard InChI is InChI=1S/C4H7NO.C2H4.H3N/c6-4-2-1-3-5-4;1-2;/h1-3H2,(H,5,6);1-2H2;1H3. The minimum Gasteiger partial charge on any atom is -0.356 e. The highest BCUT2D eigenvalue weighted by Gasteiger charge is 2.05. The number of amides is 1. The van der Waals surface area contributed by atoms with Crippen molar-refractivity contribution < 1.29 is 4.79 Å². The summed E-state index contributed by atoms with van der Waals surface area (Å²) in [5.74, 6) is 0.204. The molecule has 9 heavy (non-hydrogen) atoms. The Morgan fingerprint density at radius 1 is 1.44 bits per heavy atom. The molecule has 0 aromatic carbocycles. The van der Waals surface area contributed by atoms with Crippen molar-refractivity contribution in [2.75, 3.05) is 6.54 Å². The molecule has 0 unspecified atom stereocenters. The summed E-state index contributed by atoms with van der Waals surface area (Å²) in [4.78, 5) is 10.1. The van der Waals surface area contributed by atoms with Crippen LogP contribution >= 0.6 is 0 Å². The van der Waals surface area contributed by atoms with Crippen molar-refractivity contribution in [1.29, 1.82) is 0 Å². The van der Waals surface area contributed by atoms with Crippen molar-refractivity contribution >= 4 is 5.91 Å². The van der Waals surface area contributed by atoms with Gasteiger partial charge in [-0.1, -0.05) is 0 Å². The van der Waals surface area contributed by atoms with Crippen molar-refractivity contribution in [2.45, 2.75) is 12.8 Å². The molecule has 1 amide bonds. The minimum atomic E-state index is 0. The van der Waals surface area contributed by atoms with E-state index in [1.165, 1.54) is 0 Å². The van der Waals surface area contributed by atoms with Crippen LogP contribution in [0.15, 0.2) is 13.2 Å². The summed E-state index contributed by atoms with van der Waals surface area (Å²) in [7, 11) is 0. The molecule has 0 bridgehead atoms. The zero-order valence-electron chi connectivity index (χ0n) is 5.65. The SMILES string of the molecule is C=C.N.O=C1CCCN1. The second-order valence-corrected chi connectivity index (χ2v) is 1.45. The molecule has 0 radical (unpaired) electrons. The lowest BCUT2D eigenvalue weighted by atomic mass is 10.4. The highest BCUT2D eigenvalue weighted by atomic mass is 16.1. The number of hydrogen-bond acceptors (Lipinski definition) is 2. The van der Waals surface area contributed by atoms with Gasteiger partial charge in [0.05, 0.1) is 0 Å². The molecule has 0 aromatic rings. The quantitative estimate of drug-likeness (QED) is 0.478. The van der Waals surface area contributed by atoms with Gasteiger partial charge in [-0.05, 0) is 6.42 Å². The van der Waals surface area contributed by atoms with Crippen LogP contribution in [0.3, 0.4) is 0 Å². The first kappa shape index (κ1) is 11.0. The summed E-state index contributed by atoms with van der Waals surface area (Å²) in [5, 5.41) is 2.68. The monoisotopic (exact) mass is 130 g/mol. The van der Waals surface area contributed by atoms with Gasteiger partial charge in [0.2, 0.25) is 5.91 Å². The summed E-state index contributed by atoms with van der Waals surface area (Å²) in [6.45, 7) is 6.89. The highest BCUT2D eigenvalue weighted by molar-refractivity contribution is 5.77. The third-order valence-corrected chi connectivity index (χ3v) is 0.903. The maximum absolute atomic E-state index is 10.1. The van der Waals surface area contributed by atoms with Crippen LogP contribution in [0, 0.1) is 0 Å². The van der Waals surface area contributed by atoms with Gasteiger partial charge in [-0.15, -0.1) is 13.2 Å². The first-order chi connectivity index (χ1) is 3.89. The van der Waals surface area contributed by atoms with E-state index in [9.17, 15) is 4.79 Å². The Hall–Kier alpha value is -0.830. The van der Waals surface area contributed by atoms with Crippen LogP contribution in [-0.4, -0.2) is 12.5 Å². The van der Waals surface area contributed by atoms with Gasteiger partial charge in [-0.25, -0.2) is 0 Å². The number of rotatable bonds is 0. The van der Waals surface area contributed by atoms with Crippen molar-refractivity contribution in [1.82, 2.24) is 11.5 Å². The molecule has 0 aromatic heterocycles. The highest BCUT2D eigenvalue weighted by Crippen LogP contribution is 1.93. The second kappa shape index (κ2) is 7.17. The van der Waals surface area contributed by atoms with E-state index in [0.717, 1.165) is 19.4 Å². The zero-order valence-corrected chi connectivity index (χ0v) is 5.65. The fourth-order valence-corrected chi connectivity index (χ4v) is 0.565. The molecule has 1 rings (SSSR count). The Balaban J connectivity index is 0. The van der Waals surface area contributed by atoms with Crippen LogP contribution in [-0.2, 0) is 4.79 Å². The Morgan fingerprint density at radius 2 is 2.00 bits per heavy atom. The van der Waals surface area contributed by atoms with Gasteiger partial charge >= 0.3 is 0 Å². The van der Waals surface area contributed by atoms with Gasteiger partial charge in [-0.2, -0.15) is 0 Å². The lowest BCUT2D eigenvalue weighted by molar-refractivity contribution is -0.119. The molecule has 4 N–H and O–H groups in total. The normalized spacial score (nSPS) is 14.4. The van der Waals surface area contributed by atoms with E-state index in [1.54, 1.807) is 0 Å². The van der Waals surface area contributed by atoms with Gasteiger partial charge in [0.25, 0.3) is 0 Å². The lowest BCUT2D eigenvalue weighted by Gasteiger charge is -1.80. The van der Waals surface area contributed by atoms with E-state index >= 15 is 0 Å². The maximum Gasteiger partial charge on any atom is 0.220 e. The van der Waals surface area contributed by atoms with Crippen molar-refractivity contribution in [2.24, 2.45) is 0 Å². The van der Waals surface area contributed by atoms with Crippen LogP contribution < -0.4 is 11.5 Å². The first-order valence-electron chi connectivity index (χ1n) is 2.66. The van der Waals surface area contributed by atoms with E-state index in [0.29, 0.717) is 0 Å². The summed E-state index contributed by atoms with van der Waals surface area (Å²) in [6, 6.07) is 0. The largest absolute Gasteiger partial charge is 0.356 e. The fourth-order valence-electron chi connectivity index (χ4n) is 0.565. The molecule has 1 saturated heterocycles. The van der Waals surface area contributed by atoms with Crippen LogP contribution in [0.5, 0.6) is 0 Å². The summed E-state index contributed by atoms with van der Waals surface area (Å²) in [5.41, 5.74) is 0. The Labute approximate surface area is 55.7 Å². The van der Waals surface area contributed by atoms with Gasteiger partial charge in [0, 0.05) is 13.0 Å². The number of hydrogen-bond donors (Lipinski definition) is 2. The lowest BCUT2D eigenvalue weighted by Crippen LogP contribution is -2.12. The number of nitrogens with one attached hydrogen (secondary N) is 1. The molecular weight excluding hydrogens is 116 g/mol. The molecule has 54 valence electrons. The van der Waals surface area contributed by atoms with E-state index in [-0.39, 0.29) is 12.1 Å². The topological polar surface area (TPSA) is 64.1 Å². The van der Waals surface area contributed by atoms with Crippen molar-refractivity contribution in [3.63, 3.8) is 0 Å². The molecule has 1 aliphatic rings. The summed E-state index contributed by atoms with van der Waals surface area (Å²) >= 11 is 0. The maximum atomic E-state index is 10.1. The van der Waals surface area contributed by atoms with E-state index < -0.39 is 0 Å². The fraction of sp³-hybridized carbons (Fsp3) is 0.500. The Bertz CT molecular complexity index is 75.1. The summed E-state index contributed by atoms with van der Waals surface area (Å²) < 4.78 is 0. The molecule has 3 nitrogen and oxygen atoms in total. The van der Waals surface area contributed by atoms with Gasteiger partial charge < -0.3 is 11.5 Å². The van der Waals surface area contributed by atoms with Gasteiger partial charge in [-0.3, -0.25) is 4.79 Å². The van der Waals surface area contributed by atoms with Crippen LogP contribution in [0.25, 0.3) is 0 Å². The molecule has 1 aliphatic heterocycles. The molecule has 1 fully saturated rings. The van der Waals surface area contributed by atoms with Crippen LogP contribution in [0.1, 0.15) is 12.8 Å². The van der Waals surface area contributed by atoms with E-state index in [2.05, 4.69) is 18.5 Å². The molecule has 3 heteroatoms. The average Bonchev–Trinajstić information content (AvgIpc) is 2.24. The Morgan fingerprint density at radius 3 is 2.11 bits per heavy atom. The third kappa shape index (κ3) is 5.03.